The van der Waals surface area contributed by atoms with Crippen LogP contribution in [0.25, 0.3) is 0 Å². The molecule has 2 N–H and O–H groups in total. The number of rotatable bonds is 4. The number of aryl methyl sites for hydroxylation is 1. The Kier molecular flexibility index (Phi) is 4.16. The van der Waals surface area contributed by atoms with E-state index in [2.05, 4.69) is 4.98 Å². The fourth-order valence-corrected chi connectivity index (χ4v) is 3.15. The lowest BCUT2D eigenvalue weighted by atomic mass is 10.2. The molecule has 19 heavy (non-hydrogen) atoms. The third kappa shape index (κ3) is 3.12. The van der Waals surface area contributed by atoms with Crippen molar-refractivity contribution >= 4 is 16.5 Å². The van der Waals surface area contributed by atoms with E-state index in [1.165, 1.54) is 0 Å². The average molecular weight is 276 g/mol. The smallest absolute Gasteiger partial charge is 0.217 e. The van der Waals surface area contributed by atoms with Crippen LogP contribution in [-0.2, 0) is 16.6 Å². The van der Waals surface area contributed by atoms with Crippen molar-refractivity contribution in [1.29, 1.82) is 0 Å². The second kappa shape index (κ2) is 5.84. The molecule has 0 saturated heterocycles. The molecule has 2 aromatic rings. The fourth-order valence-electron chi connectivity index (χ4n) is 1.80. The highest BCUT2D eigenvalue weighted by Crippen LogP contribution is 2.22. The summed E-state index contributed by atoms with van der Waals surface area (Å²) in [7, 11) is 0.388. The molecule has 0 aliphatic carbocycles. The van der Waals surface area contributed by atoms with Crippen LogP contribution in [0.5, 0.6) is 5.88 Å². The van der Waals surface area contributed by atoms with Gasteiger partial charge >= 0.3 is 0 Å². The van der Waals surface area contributed by atoms with Gasteiger partial charge in [-0.15, -0.1) is 0 Å². The summed E-state index contributed by atoms with van der Waals surface area (Å²) in [6.45, 7) is 1.92. The SMILES string of the molecule is COc1ncccc1CS(=O)c1cc(N)ccc1C. The van der Waals surface area contributed by atoms with Crippen LogP contribution in [0, 0.1) is 6.92 Å². The number of anilines is 1. The molecular formula is C14H16N2O2S. The Morgan fingerprint density at radius 1 is 1.37 bits per heavy atom. The van der Waals surface area contributed by atoms with Gasteiger partial charge in [-0.05, 0) is 30.7 Å². The van der Waals surface area contributed by atoms with Crippen molar-refractivity contribution in [3.63, 3.8) is 0 Å². The number of nitrogen functional groups attached to an aromatic ring is 1. The molecule has 0 spiro atoms. The number of hydrogen-bond donors (Lipinski definition) is 1. The molecule has 100 valence electrons. The minimum absolute atomic E-state index is 0.362. The first kappa shape index (κ1) is 13.5. The maximum Gasteiger partial charge on any atom is 0.217 e. The standard InChI is InChI=1S/C14H16N2O2S/c1-10-5-6-12(15)8-13(10)19(17)9-11-4-3-7-16-14(11)18-2/h3-8H,9,15H2,1-2H3. The normalized spacial score (nSPS) is 12.1. The zero-order chi connectivity index (χ0) is 13.8. The Morgan fingerprint density at radius 3 is 2.89 bits per heavy atom. The molecule has 0 saturated carbocycles. The zero-order valence-corrected chi connectivity index (χ0v) is 11.7. The van der Waals surface area contributed by atoms with Crippen molar-refractivity contribution in [2.24, 2.45) is 0 Å². The number of aromatic nitrogens is 1. The summed E-state index contributed by atoms with van der Waals surface area (Å²) >= 11 is 0. The van der Waals surface area contributed by atoms with Crippen LogP contribution in [0.15, 0.2) is 41.4 Å². The molecule has 4 nitrogen and oxygen atoms in total. The first-order valence-corrected chi connectivity index (χ1v) is 7.16. The molecule has 1 aromatic carbocycles. The summed E-state index contributed by atoms with van der Waals surface area (Å²) < 4.78 is 17.6. The molecule has 0 radical (unpaired) electrons. The summed E-state index contributed by atoms with van der Waals surface area (Å²) in [4.78, 5) is 4.86. The fraction of sp³-hybridized carbons (Fsp3) is 0.214. The van der Waals surface area contributed by atoms with E-state index in [1.807, 2.05) is 19.1 Å². The Morgan fingerprint density at radius 2 is 2.16 bits per heavy atom. The van der Waals surface area contributed by atoms with Gasteiger partial charge in [0, 0.05) is 22.3 Å². The number of nitrogens with zero attached hydrogens (tertiary/aromatic N) is 1. The Bertz CT molecular complexity index is 614. The molecule has 0 fully saturated rings. The van der Waals surface area contributed by atoms with Gasteiger partial charge in [0.1, 0.15) is 0 Å². The average Bonchev–Trinajstić information content (AvgIpc) is 2.42. The van der Waals surface area contributed by atoms with E-state index < -0.39 is 10.8 Å². The first-order valence-electron chi connectivity index (χ1n) is 5.84. The van der Waals surface area contributed by atoms with Gasteiger partial charge in [-0.1, -0.05) is 12.1 Å². The highest BCUT2D eigenvalue weighted by atomic mass is 32.2. The lowest BCUT2D eigenvalue weighted by Crippen LogP contribution is -2.02. The van der Waals surface area contributed by atoms with Crippen LogP contribution in [0.1, 0.15) is 11.1 Å². The quantitative estimate of drug-likeness (QED) is 0.870. The molecular weight excluding hydrogens is 260 g/mol. The second-order valence-corrected chi connectivity index (χ2v) is 5.61. The van der Waals surface area contributed by atoms with Crippen LogP contribution in [0.2, 0.25) is 0 Å². The molecule has 1 heterocycles. The van der Waals surface area contributed by atoms with Crippen molar-refractivity contribution in [3.8, 4) is 5.88 Å². The minimum atomic E-state index is -1.17. The minimum Gasteiger partial charge on any atom is -0.481 e. The number of nitrogens with two attached hydrogens (primary N) is 1. The summed E-state index contributed by atoms with van der Waals surface area (Å²) in [5.41, 5.74) is 8.15. The summed E-state index contributed by atoms with van der Waals surface area (Å²) in [5.74, 6) is 0.874. The van der Waals surface area contributed by atoms with Gasteiger partial charge < -0.3 is 10.5 Å². The van der Waals surface area contributed by atoms with Gasteiger partial charge in [-0.2, -0.15) is 0 Å². The molecule has 1 atom stereocenters. The molecule has 2 rings (SSSR count). The van der Waals surface area contributed by atoms with Crippen LogP contribution in [0.4, 0.5) is 5.69 Å². The van der Waals surface area contributed by atoms with Crippen molar-refractivity contribution in [2.75, 3.05) is 12.8 Å². The van der Waals surface area contributed by atoms with Crippen molar-refractivity contribution in [1.82, 2.24) is 4.98 Å². The van der Waals surface area contributed by atoms with E-state index in [4.69, 9.17) is 10.5 Å². The molecule has 1 aromatic heterocycles. The van der Waals surface area contributed by atoms with Crippen molar-refractivity contribution in [2.45, 2.75) is 17.6 Å². The van der Waals surface area contributed by atoms with Gasteiger partial charge in [0.25, 0.3) is 0 Å². The largest absolute Gasteiger partial charge is 0.481 e. The van der Waals surface area contributed by atoms with E-state index in [0.29, 0.717) is 17.3 Å². The van der Waals surface area contributed by atoms with Gasteiger partial charge in [0.2, 0.25) is 5.88 Å². The number of pyridine rings is 1. The molecule has 0 aliphatic rings. The van der Waals surface area contributed by atoms with Crippen molar-refractivity contribution in [3.05, 3.63) is 47.7 Å². The van der Waals surface area contributed by atoms with Crippen LogP contribution in [0.3, 0.4) is 0 Å². The summed E-state index contributed by atoms with van der Waals surface area (Å²) in [6, 6.07) is 9.12. The van der Waals surface area contributed by atoms with Gasteiger partial charge in [0.05, 0.1) is 23.7 Å². The monoisotopic (exact) mass is 276 g/mol. The number of hydrogen-bond acceptors (Lipinski definition) is 4. The van der Waals surface area contributed by atoms with Gasteiger partial charge in [-0.3, -0.25) is 4.21 Å². The number of benzene rings is 1. The van der Waals surface area contributed by atoms with Gasteiger partial charge in [-0.25, -0.2) is 4.98 Å². The number of ether oxygens (including phenoxy) is 1. The van der Waals surface area contributed by atoms with E-state index in [0.717, 1.165) is 16.0 Å². The van der Waals surface area contributed by atoms with E-state index in [9.17, 15) is 4.21 Å². The predicted octanol–water partition coefficient (Wildman–Crippen LogP) is 2.29. The number of methoxy groups -OCH3 is 1. The molecule has 5 heteroatoms. The highest BCUT2D eigenvalue weighted by Gasteiger charge is 2.12. The topological polar surface area (TPSA) is 65.2 Å². The maximum absolute atomic E-state index is 12.4. The lowest BCUT2D eigenvalue weighted by Gasteiger charge is -2.09. The van der Waals surface area contributed by atoms with E-state index >= 15 is 0 Å². The summed E-state index contributed by atoms with van der Waals surface area (Å²) in [5, 5.41) is 0. The molecule has 1 unspecified atom stereocenters. The predicted molar refractivity (Wildman–Crippen MR) is 76.5 cm³/mol. The molecule has 0 amide bonds. The molecule has 0 bridgehead atoms. The Balaban J connectivity index is 2.28. The zero-order valence-electron chi connectivity index (χ0n) is 10.9. The third-order valence-corrected chi connectivity index (χ3v) is 4.29. The Labute approximate surface area is 115 Å². The summed E-state index contributed by atoms with van der Waals surface area (Å²) in [6.07, 6.45) is 1.65. The molecule has 0 aliphatic heterocycles. The highest BCUT2D eigenvalue weighted by molar-refractivity contribution is 7.84. The van der Waals surface area contributed by atoms with E-state index in [1.54, 1.807) is 31.5 Å². The van der Waals surface area contributed by atoms with Gasteiger partial charge in [0.15, 0.2) is 0 Å². The van der Waals surface area contributed by atoms with Crippen LogP contribution < -0.4 is 10.5 Å². The van der Waals surface area contributed by atoms with E-state index in [-0.39, 0.29) is 0 Å². The maximum atomic E-state index is 12.4. The lowest BCUT2D eigenvalue weighted by molar-refractivity contribution is 0.394. The second-order valence-electron chi connectivity index (χ2n) is 4.19. The van der Waals surface area contributed by atoms with Crippen LogP contribution >= 0.6 is 0 Å². The third-order valence-electron chi connectivity index (χ3n) is 2.79. The van der Waals surface area contributed by atoms with Crippen LogP contribution in [-0.4, -0.2) is 16.3 Å². The Hall–Kier alpha value is -1.88. The first-order chi connectivity index (χ1) is 9.11. The van der Waals surface area contributed by atoms with Crippen molar-refractivity contribution < 1.29 is 8.95 Å².